The molecule has 0 aliphatic rings. The molecule has 1 aromatic rings. The minimum atomic E-state index is -1.71. The van der Waals surface area contributed by atoms with Crippen molar-refractivity contribution in [3.8, 4) is 0 Å². The highest BCUT2D eigenvalue weighted by molar-refractivity contribution is 5.90. The Morgan fingerprint density at radius 3 is 2.29 bits per heavy atom. The van der Waals surface area contributed by atoms with E-state index < -0.39 is 40.9 Å². The van der Waals surface area contributed by atoms with E-state index in [9.17, 15) is 29.9 Å². The number of aliphatic hydroxyl groups excluding tert-OH is 2. The van der Waals surface area contributed by atoms with Gasteiger partial charge in [-0.3, -0.25) is 19.7 Å². The molecule has 24 heavy (non-hydrogen) atoms. The fraction of sp³-hybridized carbons (Fsp3) is 0.467. The van der Waals surface area contributed by atoms with E-state index in [1.165, 1.54) is 24.3 Å². The first-order valence-corrected chi connectivity index (χ1v) is 7.39. The van der Waals surface area contributed by atoms with Crippen LogP contribution in [0.2, 0.25) is 0 Å². The van der Waals surface area contributed by atoms with Gasteiger partial charge in [0.25, 0.3) is 5.69 Å². The zero-order valence-corrected chi connectivity index (χ0v) is 13.4. The van der Waals surface area contributed by atoms with Crippen molar-refractivity contribution in [2.75, 3.05) is 0 Å². The van der Waals surface area contributed by atoms with Crippen LogP contribution in [0, 0.1) is 16.0 Å². The van der Waals surface area contributed by atoms with Gasteiger partial charge in [-0.1, -0.05) is 13.8 Å². The number of non-ortho nitro benzene ring substituents is 1. The third kappa shape index (κ3) is 4.82. The summed E-state index contributed by atoms with van der Waals surface area (Å²) in [4.78, 5) is 33.7. The number of hydrogen-bond donors (Lipinski definition) is 4. The molecule has 1 rings (SSSR count). The third-order valence-electron chi connectivity index (χ3n) is 3.73. The molecule has 0 radical (unpaired) electrons. The molecular weight excluding hydrogens is 318 g/mol. The lowest BCUT2D eigenvalue weighted by molar-refractivity contribution is -0.384. The Morgan fingerprint density at radius 1 is 1.29 bits per heavy atom. The Hall–Kier alpha value is -2.36. The number of carbonyl (C=O) groups is 2. The number of nitrogens with two attached hydrogens (primary N) is 1. The zero-order chi connectivity index (χ0) is 18.4. The van der Waals surface area contributed by atoms with Gasteiger partial charge in [-0.05, 0) is 24.1 Å². The highest BCUT2D eigenvalue weighted by atomic mass is 16.6. The summed E-state index contributed by atoms with van der Waals surface area (Å²) in [5.41, 5.74) is 5.66. The number of rotatable bonds is 8. The summed E-state index contributed by atoms with van der Waals surface area (Å²) in [5, 5.41) is 32.4. The Kier molecular flexibility index (Phi) is 6.96. The molecule has 132 valence electrons. The maximum atomic E-state index is 11.9. The van der Waals surface area contributed by atoms with Gasteiger partial charge in [0, 0.05) is 18.1 Å². The number of benzene rings is 1. The van der Waals surface area contributed by atoms with E-state index in [-0.39, 0.29) is 11.3 Å². The van der Waals surface area contributed by atoms with Crippen LogP contribution in [0.4, 0.5) is 5.69 Å². The average Bonchev–Trinajstić information content (AvgIpc) is 2.58. The van der Waals surface area contributed by atoms with Crippen LogP contribution in [-0.2, 0) is 9.59 Å². The molecule has 0 aromatic heterocycles. The molecule has 0 bridgehead atoms. The van der Waals surface area contributed by atoms with E-state index in [0.717, 1.165) is 0 Å². The summed E-state index contributed by atoms with van der Waals surface area (Å²) in [5.74, 6) is -1.90. The number of nitrogens with one attached hydrogen (secondary N) is 1. The summed E-state index contributed by atoms with van der Waals surface area (Å²) in [6, 6.07) is 3.44. The number of nitrogens with zero attached hydrogens (tertiary/aromatic N) is 1. The number of Topliss-reactive ketones (excluding diaryl/α,β-unsaturated/α-hetero) is 1. The van der Waals surface area contributed by atoms with E-state index in [0.29, 0.717) is 6.42 Å². The summed E-state index contributed by atoms with van der Waals surface area (Å²) >= 11 is 0. The highest BCUT2D eigenvalue weighted by Crippen LogP contribution is 2.19. The van der Waals surface area contributed by atoms with Crippen molar-refractivity contribution in [3.05, 3.63) is 39.9 Å². The molecule has 0 saturated carbocycles. The monoisotopic (exact) mass is 339 g/mol. The predicted molar refractivity (Wildman–Crippen MR) is 84.6 cm³/mol. The van der Waals surface area contributed by atoms with Crippen LogP contribution in [0.15, 0.2) is 24.3 Å². The van der Waals surface area contributed by atoms with Gasteiger partial charge in [0.15, 0.2) is 12.0 Å². The van der Waals surface area contributed by atoms with Crippen LogP contribution in [0.1, 0.15) is 31.9 Å². The lowest BCUT2D eigenvalue weighted by atomic mass is 10.0. The van der Waals surface area contributed by atoms with Crippen LogP contribution in [0.3, 0.4) is 0 Å². The maximum absolute atomic E-state index is 11.9. The summed E-state index contributed by atoms with van der Waals surface area (Å²) < 4.78 is 0. The molecule has 0 saturated heterocycles. The van der Waals surface area contributed by atoms with Crippen molar-refractivity contribution < 1.29 is 24.7 Å². The Bertz CT molecular complexity index is 604. The predicted octanol–water partition coefficient (Wildman–Crippen LogP) is 0.00530. The molecular formula is C15H21N3O6. The molecule has 1 unspecified atom stereocenters. The van der Waals surface area contributed by atoms with E-state index >= 15 is 0 Å². The van der Waals surface area contributed by atoms with E-state index in [4.69, 9.17) is 5.73 Å². The second-order valence-corrected chi connectivity index (χ2v) is 5.44. The summed E-state index contributed by atoms with van der Waals surface area (Å²) in [6.07, 6.45) is -2.65. The lowest BCUT2D eigenvalue weighted by Gasteiger charge is -2.21. The first-order valence-electron chi connectivity index (χ1n) is 7.39. The first-order chi connectivity index (χ1) is 11.2. The van der Waals surface area contributed by atoms with Crippen molar-refractivity contribution in [2.24, 2.45) is 11.7 Å². The van der Waals surface area contributed by atoms with E-state index in [1.54, 1.807) is 13.8 Å². The number of nitro benzene ring substituents is 1. The topological polar surface area (TPSA) is 156 Å². The Morgan fingerprint density at radius 2 is 1.83 bits per heavy atom. The van der Waals surface area contributed by atoms with Gasteiger partial charge in [-0.2, -0.15) is 0 Å². The number of aliphatic hydroxyl groups is 2. The fourth-order valence-corrected chi connectivity index (χ4v) is 1.92. The lowest BCUT2D eigenvalue weighted by Crippen LogP contribution is -2.51. The minimum absolute atomic E-state index is 0.168. The van der Waals surface area contributed by atoms with Gasteiger partial charge >= 0.3 is 0 Å². The van der Waals surface area contributed by atoms with E-state index in [2.05, 4.69) is 0 Å². The number of carbonyl (C=O) groups excluding carboxylic acids is 2. The second kappa shape index (κ2) is 8.48. The van der Waals surface area contributed by atoms with Crippen molar-refractivity contribution >= 4 is 17.4 Å². The molecule has 0 spiro atoms. The smallest absolute Gasteiger partial charge is 0.269 e. The number of nitro groups is 1. The molecule has 0 aliphatic heterocycles. The van der Waals surface area contributed by atoms with Gasteiger partial charge in [-0.25, -0.2) is 0 Å². The molecule has 0 fully saturated rings. The molecule has 1 aromatic carbocycles. The fourth-order valence-electron chi connectivity index (χ4n) is 1.92. The van der Waals surface area contributed by atoms with Gasteiger partial charge in [0.1, 0.15) is 12.1 Å². The van der Waals surface area contributed by atoms with Crippen molar-refractivity contribution in [3.63, 3.8) is 0 Å². The van der Waals surface area contributed by atoms with E-state index in [1.807, 2.05) is 5.32 Å². The van der Waals surface area contributed by atoms with Gasteiger partial charge in [0.2, 0.25) is 5.91 Å². The first kappa shape index (κ1) is 19.7. The van der Waals surface area contributed by atoms with Gasteiger partial charge < -0.3 is 21.3 Å². The molecule has 0 heterocycles. The van der Waals surface area contributed by atoms with Crippen molar-refractivity contribution in [1.82, 2.24) is 5.32 Å². The molecule has 1 amide bonds. The molecule has 5 N–H and O–H groups in total. The average molecular weight is 339 g/mol. The molecule has 9 heteroatoms. The molecule has 4 atom stereocenters. The Balaban J connectivity index is 2.73. The normalized spacial score (nSPS) is 15.9. The zero-order valence-electron chi connectivity index (χ0n) is 13.4. The van der Waals surface area contributed by atoms with Crippen molar-refractivity contribution in [1.29, 1.82) is 0 Å². The Labute approximate surface area is 138 Å². The maximum Gasteiger partial charge on any atom is 0.269 e. The van der Waals surface area contributed by atoms with Gasteiger partial charge in [-0.15, -0.1) is 0 Å². The van der Waals surface area contributed by atoms with Crippen LogP contribution in [-0.4, -0.2) is 39.1 Å². The van der Waals surface area contributed by atoms with Crippen LogP contribution in [0.5, 0.6) is 0 Å². The molecule has 0 aliphatic carbocycles. The van der Waals surface area contributed by atoms with Gasteiger partial charge in [0.05, 0.1) is 4.92 Å². The quantitative estimate of drug-likeness (QED) is 0.295. The van der Waals surface area contributed by atoms with Crippen LogP contribution in [0.25, 0.3) is 0 Å². The minimum Gasteiger partial charge on any atom is -0.386 e. The van der Waals surface area contributed by atoms with Crippen LogP contribution >= 0.6 is 0 Å². The second-order valence-electron chi connectivity index (χ2n) is 5.44. The molecule has 9 nitrogen and oxygen atoms in total. The SMILES string of the molecule is CCC(C)C(=O)[C@H](O)NC(=O)[C@H](N)[C@@H](O)c1ccc([N+](=O)[O-])cc1. The summed E-state index contributed by atoms with van der Waals surface area (Å²) in [6.45, 7) is 3.38. The summed E-state index contributed by atoms with van der Waals surface area (Å²) in [7, 11) is 0. The number of hydrogen-bond acceptors (Lipinski definition) is 7. The highest BCUT2D eigenvalue weighted by Gasteiger charge is 2.29. The van der Waals surface area contributed by atoms with Crippen molar-refractivity contribution in [2.45, 2.75) is 38.6 Å². The largest absolute Gasteiger partial charge is 0.386 e. The third-order valence-corrected chi connectivity index (χ3v) is 3.73. The van der Waals surface area contributed by atoms with Crippen LogP contribution < -0.4 is 11.1 Å². The standard InChI is InChI=1S/C15H21N3O6/c1-3-8(2)12(19)15(22)17-14(21)11(16)13(20)9-4-6-10(7-5-9)18(23)24/h4-8,11,13,15,20,22H,3,16H2,1-2H3,(H,17,21)/t8?,11-,13+,15+/m1/s1. The number of amides is 1. The number of ketones is 1.